The first-order valence-corrected chi connectivity index (χ1v) is 11.4. The first-order valence-electron chi connectivity index (χ1n) is 11.1. The summed E-state index contributed by atoms with van der Waals surface area (Å²) in [5, 5.41) is 0.675. The predicted molar refractivity (Wildman–Crippen MR) is 125 cm³/mol. The Morgan fingerprint density at radius 1 is 0.882 bits per heavy atom. The van der Waals surface area contributed by atoms with Gasteiger partial charge in [-0.2, -0.15) is 0 Å². The quantitative estimate of drug-likeness (QED) is 0.430. The van der Waals surface area contributed by atoms with Gasteiger partial charge in [0.05, 0.1) is 6.10 Å². The lowest BCUT2D eigenvalue weighted by molar-refractivity contribution is -0.283. The normalized spacial score (nSPS) is 24.2. The molecule has 0 N–H and O–H groups in total. The highest BCUT2D eigenvalue weighted by Gasteiger charge is 2.50. The number of ether oxygens (including phenoxy) is 4. The van der Waals surface area contributed by atoms with Gasteiger partial charge >= 0.3 is 17.9 Å². The third-order valence-corrected chi connectivity index (χ3v) is 6.02. The highest BCUT2D eigenvalue weighted by molar-refractivity contribution is 6.30. The molecular weight excluding hydrogens is 460 g/mol. The Labute approximate surface area is 204 Å². The van der Waals surface area contributed by atoms with Crippen LogP contribution in [0.25, 0.3) is 0 Å². The fraction of sp³-hybridized carbons (Fsp3) is 0.423. The fourth-order valence-corrected chi connectivity index (χ4v) is 4.30. The molecule has 7 nitrogen and oxygen atoms in total. The lowest BCUT2D eigenvalue weighted by Crippen LogP contribution is -2.55. The van der Waals surface area contributed by atoms with E-state index in [1.807, 2.05) is 56.3 Å². The molecule has 8 heteroatoms. The Balaban J connectivity index is 1.96. The molecule has 0 radical (unpaired) electrons. The molecule has 34 heavy (non-hydrogen) atoms. The van der Waals surface area contributed by atoms with Crippen molar-refractivity contribution in [1.29, 1.82) is 0 Å². The van der Waals surface area contributed by atoms with E-state index in [0.717, 1.165) is 22.3 Å². The minimum atomic E-state index is -1.23. The number of halogens is 1. The summed E-state index contributed by atoms with van der Waals surface area (Å²) in [5.74, 6) is -2.15. The average Bonchev–Trinajstić information content (AvgIpc) is 2.75. The number of aryl methyl sites for hydroxylation is 1. The zero-order valence-electron chi connectivity index (χ0n) is 19.9. The van der Waals surface area contributed by atoms with Crippen LogP contribution in [0.5, 0.6) is 0 Å². The Morgan fingerprint density at radius 3 is 2.06 bits per heavy atom. The average molecular weight is 489 g/mol. The molecule has 1 aliphatic heterocycles. The van der Waals surface area contributed by atoms with Crippen LogP contribution in [0.4, 0.5) is 0 Å². The zero-order valence-corrected chi connectivity index (χ0v) is 20.6. The summed E-state index contributed by atoms with van der Waals surface area (Å²) in [6.07, 6.45) is -3.08. The van der Waals surface area contributed by atoms with E-state index in [0.29, 0.717) is 11.4 Å². The van der Waals surface area contributed by atoms with Crippen molar-refractivity contribution in [3.05, 3.63) is 69.7 Å². The molecule has 1 unspecified atom stereocenters. The molecule has 182 valence electrons. The summed E-state index contributed by atoms with van der Waals surface area (Å²) in [6.45, 7) is 7.62. The number of esters is 3. The number of rotatable bonds is 6. The van der Waals surface area contributed by atoms with Gasteiger partial charge in [-0.3, -0.25) is 14.4 Å². The summed E-state index contributed by atoms with van der Waals surface area (Å²) in [7, 11) is 0. The topological polar surface area (TPSA) is 88.1 Å². The minimum Gasteiger partial charge on any atom is -0.458 e. The molecule has 3 rings (SSSR count). The number of carbonyl (C=O) groups excluding carboxylic acids is 3. The van der Waals surface area contributed by atoms with Gasteiger partial charge in [-0.25, -0.2) is 0 Å². The van der Waals surface area contributed by atoms with Gasteiger partial charge < -0.3 is 18.9 Å². The third kappa shape index (κ3) is 6.36. The van der Waals surface area contributed by atoms with Gasteiger partial charge in [0, 0.05) is 31.7 Å². The van der Waals surface area contributed by atoms with Crippen LogP contribution in [0.15, 0.2) is 42.5 Å². The fourth-order valence-electron chi connectivity index (χ4n) is 4.17. The molecule has 1 heterocycles. The van der Waals surface area contributed by atoms with E-state index in [2.05, 4.69) is 0 Å². The molecule has 0 spiro atoms. The molecule has 0 aromatic heterocycles. The van der Waals surface area contributed by atoms with Crippen LogP contribution >= 0.6 is 11.6 Å². The molecule has 2 aromatic carbocycles. The highest BCUT2D eigenvalue weighted by Crippen LogP contribution is 2.40. The predicted octanol–water partition coefficient (Wildman–Crippen LogP) is 4.70. The van der Waals surface area contributed by atoms with E-state index >= 15 is 0 Å². The van der Waals surface area contributed by atoms with Gasteiger partial charge in [0.25, 0.3) is 0 Å². The van der Waals surface area contributed by atoms with E-state index in [9.17, 15) is 14.4 Å². The zero-order chi connectivity index (χ0) is 25.0. The number of carbonyl (C=O) groups is 3. The maximum absolute atomic E-state index is 11.9. The van der Waals surface area contributed by atoms with Crippen LogP contribution in [0.1, 0.15) is 56.1 Å². The van der Waals surface area contributed by atoms with Gasteiger partial charge in [0.1, 0.15) is 0 Å². The molecule has 5 atom stereocenters. The minimum absolute atomic E-state index is 0.397. The van der Waals surface area contributed by atoms with Gasteiger partial charge in [-0.05, 0) is 47.7 Å². The molecule has 0 bridgehead atoms. The Kier molecular flexibility index (Phi) is 8.33. The smallest absolute Gasteiger partial charge is 0.305 e. The summed E-state index contributed by atoms with van der Waals surface area (Å²) < 4.78 is 22.4. The van der Waals surface area contributed by atoms with E-state index in [4.69, 9.17) is 30.5 Å². The van der Waals surface area contributed by atoms with Crippen molar-refractivity contribution >= 4 is 29.5 Å². The Hall–Kier alpha value is -2.90. The lowest BCUT2D eigenvalue weighted by atomic mass is 9.85. The van der Waals surface area contributed by atoms with Crippen molar-refractivity contribution in [2.45, 2.75) is 65.6 Å². The molecule has 1 aliphatic rings. The maximum atomic E-state index is 11.9. The molecule has 2 aromatic rings. The summed E-state index contributed by atoms with van der Waals surface area (Å²) in [5.41, 5.74) is 4.13. The standard InChI is InChI=1S/C26H29ClO7/c1-14-6-9-20(13-21(14)12-19-7-10-22(27)11-8-19)23-15(2)24(31-16(3)28)25(32-17(4)29)26(34-23)33-18(5)30/h6-11,13,15,23-26H,12H2,1-5H3/t15-,23+,24+,25-,26?/m0/s1. The molecule has 1 saturated heterocycles. The lowest BCUT2D eigenvalue weighted by Gasteiger charge is -2.43. The van der Waals surface area contributed by atoms with Crippen molar-refractivity contribution in [3.63, 3.8) is 0 Å². The van der Waals surface area contributed by atoms with Crippen LogP contribution < -0.4 is 0 Å². The summed E-state index contributed by atoms with van der Waals surface area (Å²) in [4.78, 5) is 35.4. The highest BCUT2D eigenvalue weighted by atomic mass is 35.5. The Morgan fingerprint density at radius 2 is 1.47 bits per heavy atom. The van der Waals surface area contributed by atoms with Gasteiger partial charge in [0.15, 0.2) is 6.10 Å². The number of hydrogen-bond donors (Lipinski definition) is 0. The molecule has 0 saturated carbocycles. The SMILES string of the molecule is CC(=O)OC1O[C@@H](c2ccc(C)c(Cc3ccc(Cl)cc3)c2)[C@H](C)[C@@H](OC(C)=O)[C@@H]1OC(C)=O. The Bertz CT molecular complexity index is 1050. The number of benzene rings is 2. The van der Waals surface area contributed by atoms with Gasteiger partial charge in [0.2, 0.25) is 12.4 Å². The van der Waals surface area contributed by atoms with Crippen LogP contribution in [0.2, 0.25) is 5.02 Å². The first kappa shape index (κ1) is 25.7. The van der Waals surface area contributed by atoms with Gasteiger partial charge in [-0.15, -0.1) is 0 Å². The summed E-state index contributed by atoms with van der Waals surface area (Å²) in [6, 6.07) is 13.6. The van der Waals surface area contributed by atoms with E-state index in [1.54, 1.807) is 0 Å². The van der Waals surface area contributed by atoms with E-state index in [-0.39, 0.29) is 0 Å². The molecular formula is C26H29ClO7. The van der Waals surface area contributed by atoms with Crippen molar-refractivity contribution in [3.8, 4) is 0 Å². The monoisotopic (exact) mass is 488 g/mol. The van der Waals surface area contributed by atoms with E-state index < -0.39 is 48.4 Å². The largest absolute Gasteiger partial charge is 0.458 e. The van der Waals surface area contributed by atoms with Crippen molar-refractivity contribution in [2.24, 2.45) is 5.92 Å². The second kappa shape index (κ2) is 11.0. The van der Waals surface area contributed by atoms with Crippen LogP contribution in [-0.4, -0.2) is 36.4 Å². The van der Waals surface area contributed by atoms with Crippen molar-refractivity contribution in [1.82, 2.24) is 0 Å². The summed E-state index contributed by atoms with van der Waals surface area (Å²) >= 11 is 6.01. The van der Waals surface area contributed by atoms with Crippen molar-refractivity contribution in [2.75, 3.05) is 0 Å². The van der Waals surface area contributed by atoms with Crippen LogP contribution in [0, 0.1) is 12.8 Å². The second-order valence-electron chi connectivity index (χ2n) is 8.53. The van der Waals surface area contributed by atoms with Crippen LogP contribution in [-0.2, 0) is 39.8 Å². The molecule has 1 fully saturated rings. The van der Waals surface area contributed by atoms with Crippen LogP contribution in [0.3, 0.4) is 0 Å². The van der Waals surface area contributed by atoms with Crippen molar-refractivity contribution < 1.29 is 33.3 Å². The van der Waals surface area contributed by atoms with E-state index in [1.165, 1.54) is 20.8 Å². The first-order chi connectivity index (χ1) is 16.0. The molecule has 0 aliphatic carbocycles. The third-order valence-electron chi connectivity index (χ3n) is 5.76. The van der Waals surface area contributed by atoms with Gasteiger partial charge in [-0.1, -0.05) is 48.9 Å². The maximum Gasteiger partial charge on any atom is 0.305 e. The second-order valence-corrected chi connectivity index (χ2v) is 8.97. The molecule has 0 amide bonds. The number of hydrogen-bond acceptors (Lipinski definition) is 7.